The Hall–Kier alpha value is -2.08. The Labute approximate surface area is 115 Å². The van der Waals surface area contributed by atoms with Crippen LogP contribution >= 0.6 is 11.3 Å². The molecular formula is C13H16N4OS. The predicted octanol–water partition coefficient (Wildman–Crippen LogP) is 2.31. The molecule has 0 saturated carbocycles. The third-order valence-corrected chi connectivity index (χ3v) is 3.79. The Bertz CT molecular complexity index is 608. The van der Waals surface area contributed by atoms with Gasteiger partial charge in [-0.1, -0.05) is 0 Å². The van der Waals surface area contributed by atoms with E-state index in [-0.39, 0.29) is 6.04 Å². The van der Waals surface area contributed by atoms with Gasteiger partial charge in [-0.05, 0) is 32.0 Å². The lowest BCUT2D eigenvalue weighted by Crippen LogP contribution is -2.16. The minimum absolute atomic E-state index is 0.000393. The molecule has 0 radical (unpaired) electrons. The van der Waals surface area contributed by atoms with Crippen molar-refractivity contribution >= 4 is 28.6 Å². The summed E-state index contributed by atoms with van der Waals surface area (Å²) in [5.74, 6) is -0.502. The van der Waals surface area contributed by atoms with Crippen LogP contribution < -0.4 is 16.8 Å². The maximum Gasteiger partial charge on any atom is 0.250 e. The number of nitrogen functional groups attached to an aromatic ring is 1. The second-order valence-corrected chi connectivity index (χ2v) is 5.61. The number of rotatable bonds is 4. The van der Waals surface area contributed by atoms with Gasteiger partial charge in [0.05, 0.1) is 11.6 Å². The van der Waals surface area contributed by atoms with Crippen molar-refractivity contribution in [3.63, 3.8) is 0 Å². The fraction of sp³-hybridized carbons (Fsp3) is 0.231. The van der Waals surface area contributed by atoms with Crippen LogP contribution in [0.4, 0.5) is 11.4 Å². The average Bonchev–Trinajstić information content (AvgIpc) is 2.78. The molecule has 5 nitrogen and oxygen atoms in total. The van der Waals surface area contributed by atoms with Crippen LogP contribution in [-0.4, -0.2) is 10.9 Å². The fourth-order valence-corrected chi connectivity index (χ4v) is 2.54. The molecule has 0 aliphatic heterocycles. The van der Waals surface area contributed by atoms with Crippen LogP contribution in [0, 0.1) is 6.92 Å². The van der Waals surface area contributed by atoms with Gasteiger partial charge >= 0.3 is 0 Å². The first-order chi connectivity index (χ1) is 8.97. The summed E-state index contributed by atoms with van der Waals surface area (Å²) < 4.78 is 0. The van der Waals surface area contributed by atoms with E-state index >= 15 is 0 Å². The first-order valence-corrected chi connectivity index (χ1v) is 6.67. The molecule has 5 N–H and O–H groups in total. The topological polar surface area (TPSA) is 94.0 Å². The highest BCUT2D eigenvalue weighted by Gasteiger charge is 2.14. The summed E-state index contributed by atoms with van der Waals surface area (Å²) in [7, 11) is 0. The normalized spacial score (nSPS) is 12.1. The molecule has 0 bridgehead atoms. The van der Waals surface area contributed by atoms with E-state index in [0.29, 0.717) is 16.9 Å². The van der Waals surface area contributed by atoms with E-state index in [1.165, 1.54) is 0 Å². The Morgan fingerprint density at radius 3 is 2.79 bits per heavy atom. The van der Waals surface area contributed by atoms with E-state index in [2.05, 4.69) is 10.3 Å². The van der Waals surface area contributed by atoms with Crippen molar-refractivity contribution in [3.8, 4) is 0 Å². The number of aryl methyl sites for hydroxylation is 1. The highest BCUT2D eigenvalue weighted by molar-refractivity contribution is 7.11. The lowest BCUT2D eigenvalue weighted by Gasteiger charge is -2.15. The number of carbonyl (C=O) groups is 1. The van der Waals surface area contributed by atoms with Gasteiger partial charge in [-0.15, -0.1) is 11.3 Å². The maximum atomic E-state index is 11.4. The third kappa shape index (κ3) is 3.03. The smallest absolute Gasteiger partial charge is 0.250 e. The summed E-state index contributed by atoms with van der Waals surface area (Å²) >= 11 is 1.62. The summed E-state index contributed by atoms with van der Waals surface area (Å²) in [4.78, 5) is 16.9. The van der Waals surface area contributed by atoms with E-state index < -0.39 is 5.91 Å². The predicted molar refractivity (Wildman–Crippen MR) is 78.3 cm³/mol. The fourth-order valence-electron chi connectivity index (χ4n) is 1.76. The maximum absolute atomic E-state index is 11.4. The summed E-state index contributed by atoms with van der Waals surface area (Å²) in [6.45, 7) is 3.99. The molecule has 19 heavy (non-hydrogen) atoms. The van der Waals surface area contributed by atoms with Crippen molar-refractivity contribution in [1.82, 2.24) is 4.98 Å². The summed E-state index contributed by atoms with van der Waals surface area (Å²) in [5, 5.41) is 4.20. The zero-order valence-corrected chi connectivity index (χ0v) is 11.6. The second kappa shape index (κ2) is 5.27. The first-order valence-electron chi connectivity index (χ1n) is 5.85. The van der Waals surface area contributed by atoms with Gasteiger partial charge in [0.25, 0.3) is 5.91 Å². The molecular weight excluding hydrogens is 260 g/mol. The van der Waals surface area contributed by atoms with Crippen molar-refractivity contribution in [3.05, 3.63) is 39.8 Å². The molecule has 1 heterocycles. The molecule has 2 aromatic rings. The van der Waals surface area contributed by atoms with Crippen molar-refractivity contribution in [2.75, 3.05) is 11.1 Å². The van der Waals surface area contributed by atoms with Crippen LogP contribution in [0.3, 0.4) is 0 Å². The highest BCUT2D eigenvalue weighted by atomic mass is 32.1. The molecule has 1 amide bonds. The number of primary amides is 1. The quantitative estimate of drug-likeness (QED) is 0.747. The van der Waals surface area contributed by atoms with E-state index in [9.17, 15) is 4.79 Å². The molecule has 100 valence electrons. The largest absolute Gasteiger partial charge is 0.399 e. The summed E-state index contributed by atoms with van der Waals surface area (Å²) in [5.41, 5.74) is 12.6. The van der Waals surface area contributed by atoms with Crippen LogP contribution in [0.2, 0.25) is 0 Å². The van der Waals surface area contributed by atoms with Crippen LogP contribution in [-0.2, 0) is 0 Å². The number of hydrogen-bond donors (Lipinski definition) is 3. The number of hydrogen-bond acceptors (Lipinski definition) is 5. The van der Waals surface area contributed by atoms with Crippen molar-refractivity contribution in [2.24, 2.45) is 5.73 Å². The van der Waals surface area contributed by atoms with E-state index in [1.807, 2.05) is 20.0 Å². The van der Waals surface area contributed by atoms with Crippen molar-refractivity contribution in [2.45, 2.75) is 19.9 Å². The zero-order chi connectivity index (χ0) is 14.0. The molecule has 1 atom stereocenters. The Kier molecular flexibility index (Phi) is 3.71. The minimum Gasteiger partial charge on any atom is -0.399 e. The van der Waals surface area contributed by atoms with Gasteiger partial charge in [-0.25, -0.2) is 4.98 Å². The third-order valence-electron chi connectivity index (χ3n) is 2.69. The Morgan fingerprint density at radius 1 is 1.47 bits per heavy atom. The van der Waals surface area contributed by atoms with E-state index in [1.54, 1.807) is 29.5 Å². The number of nitrogens with zero attached hydrogens (tertiary/aromatic N) is 1. The zero-order valence-electron chi connectivity index (χ0n) is 10.8. The van der Waals surface area contributed by atoms with Gasteiger partial charge in [0.15, 0.2) is 0 Å². The number of aromatic nitrogens is 1. The number of anilines is 2. The van der Waals surface area contributed by atoms with Crippen molar-refractivity contribution in [1.29, 1.82) is 0 Å². The van der Waals surface area contributed by atoms with E-state index in [4.69, 9.17) is 11.5 Å². The molecule has 1 aromatic heterocycles. The second-order valence-electron chi connectivity index (χ2n) is 4.34. The number of nitrogens with two attached hydrogens (primary N) is 2. The molecule has 0 aliphatic carbocycles. The number of carbonyl (C=O) groups excluding carboxylic acids is 1. The van der Waals surface area contributed by atoms with Gasteiger partial charge < -0.3 is 16.8 Å². The summed E-state index contributed by atoms with van der Waals surface area (Å²) in [6, 6.07) is 5.06. The first kappa shape index (κ1) is 13.4. The van der Waals surface area contributed by atoms with Gasteiger partial charge in [-0.2, -0.15) is 0 Å². The lowest BCUT2D eigenvalue weighted by molar-refractivity contribution is 0.100. The lowest BCUT2D eigenvalue weighted by atomic mass is 10.1. The van der Waals surface area contributed by atoms with Gasteiger partial charge in [0.1, 0.15) is 5.01 Å². The molecule has 0 fully saturated rings. The number of amides is 1. The molecule has 6 heteroatoms. The highest BCUT2D eigenvalue weighted by Crippen LogP contribution is 2.26. The van der Waals surface area contributed by atoms with Crippen LogP contribution in [0.15, 0.2) is 24.4 Å². The molecule has 1 unspecified atom stereocenters. The van der Waals surface area contributed by atoms with Crippen molar-refractivity contribution < 1.29 is 4.79 Å². The van der Waals surface area contributed by atoms with E-state index in [0.717, 1.165) is 9.88 Å². The molecule has 0 spiro atoms. The monoisotopic (exact) mass is 276 g/mol. The Morgan fingerprint density at radius 2 is 2.21 bits per heavy atom. The Balaban J connectivity index is 2.26. The molecule has 0 saturated heterocycles. The standard InChI is InChI=1S/C13H16N4OS/c1-7-6-16-13(19-7)8(2)17-11-4-3-9(14)5-10(11)12(15)18/h3-6,8,17H,14H2,1-2H3,(H2,15,18). The van der Waals surface area contributed by atoms with Gasteiger partial charge in [-0.3, -0.25) is 4.79 Å². The average molecular weight is 276 g/mol. The van der Waals surface area contributed by atoms with Gasteiger partial charge in [0, 0.05) is 22.4 Å². The van der Waals surface area contributed by atoms with Crippen LogP contribution in [0.25, 0.3) is 0 Å². The molecule has 0 aliphatic rings. The number of thiazole rings is 1. The molecule has 2 rings (SSSR count). The van der Waals surface area contributed by atoms with Crippen LogP contribution in [0.1, 0.15) is 33.2 Å². The minimum atomic E-state index is -0.502. The summed E-state index contributed by atoms with van der Waals surface area (Å²) in [6.07, 6.45) is 1.83. The van der Waals surface area contributed by atoms with Gasteiger partial charge in [0.2, 0.25) is 0 Å². The molecule has 1 aromatic carbocycles. The van der Waals surface area contributed by atoms with Crippen LogP contribution in [0.5, 0.6) is 0 Å². The number of nitrogens with one attached hydrogen (secondary N) is 1. The SMILES string of the molecule is Cc1cnc(C(C)Nc2ccc(N)cc2C(N)=O)s1. The number of benzene rings is 1.